The average Bonchev–Trinajstić information content (AvgIpc) is 2.48. The zero-order chi connectivity index (χ0) is 12.9. The zero-order valence-electron chi connectivity index (χ0n) is 10.7. The number of benzene rings is 2. The molecule has 94 valence electrons. The van der Waals surface area contributed by atoms with Crippen LogP contribution >= 0.6 is 0 Å². The molecule has 0 aliphatic carbocycles. The summed E-state index contributed by atoms with van der Waals surface area (Å²) in [6.07, 6.45) is 2.86. The van der Waals surface area contributed by atoms with Crippen molar-refractivity contribution in [1.29, 1.82) is 0 Å². The summed E-state index contributed by atoms with van der Waals surface area (Å²) in [5.74, 6) is 0. The fourth-order valence-corrected chi connectivity index (χ4v) is 2.17. The van der Waals surface area contributed by atoms with E-state index >= 15 is 0 Å². The number of nitrogens with one attached hydrogen (secondary N) is 1. The van der Waals surface area contributed by atoms with Gasteiger partial charge in [-0.1, -0.05) is 42.5 Å². The Morgan fingerprint density at radius 2 is 1.79 bits per heavy atom. The van der Waals surface area contributed by atoms with Crippen LogP contribution in [0.5, 0.6) is 0 Å². The normalized spacial score (nSPS) is 10.5. The number of pyridine rings is 1. The van der Waals surface area contributed by atoms with Gasteiger partial charge in [0, 0.05) is 23.8 Å². The van der Waals surface area contributed by atoms with Crippen LogP contribution in [0.4, 0.5) is 5.69 Å². The zero-order valence-corrected chi connectivity index (χ0v) is 10.7. The van der Waals surface area contributed by atoms with E-state index in [1.165, 1.54) is 10.9 Å². The summed E-state index contributed by atoms with van der Waals surface area (Å²) in [4.78, 5) is 4.37. The van der Waals surface area contributed by atoms with Crippen molar-refractivity contribution in [2.75, 3.05) is 11.9 Å². The number of nitrogens with zero attached hydrogens (tertiary/aromatic N) is 1. The third-order valence-electron chi connectivity index (χ3n) is 3.19. The molecule has 2 nitrogen and oxygen atoms in total. The lowest BCUT2D eigenvalue weighted by Crippen LogP contribution is -2.04. The molecule has 0 saturated heterocycles. The molecule has 0 atom stereocenters. The van der Waals surface area contributed by atoms with Crippen LogP contribution < -0.4 is 5.32 Å². The highest BCUT2D eigenvalue weighted by Crippen LogP contribution is 2.16. The van der Waals surface area contributed by atoms with Crippen molar-refractivity contribution >= 4 is 16.6 Å². The first kappa shape index (κ1) is 11.7. The molecule has 1 aromatic heterocycles. The van der Waals surface area contributed by atoms with Gasteiger partial charge in [-0.2, -0.15) is 0 Å². The summed E-state index contributed by atoms with van der Waals surface area (Å²) < 4.78 is 0. The summed E-state index contributed by atoms with van der Waals surface area (Å²) in [5, 5.41) is 4.62. The van der Waals surface area contributed by atoms with Gasteiger partial charge >= 0.3 is 0 Å². The molecular weight excluding hydrogens is 232 g/mol. The maximum absolute atomic E-state index is 4.37. The first-order chi connectivity index (χ1) is 9.42. The Labute approximate surface area is 113 Å². The molecule has 2 heteroatoms. The predicted molar refractivity (Wildman–Crippen MR) is 80.4 cm³/mol. The van der Waals surface area contributed by atoms with E-state index in [2.05, 4.69) is 58.8 Å². The lowest BCUT2D eigenvalue weighted by atomic mass is 10.1. The van der Waals surface area contributed by atoms with E-state index in [1.807, 2.05) is 18.3 Å². The largest absolute Gasteiger partial charge is 0.385 e. The molecule has 1 N–H and O–H groups in total. The van der Waals surface area contributed by atoms with Gasteiger partial charge in [0.1, 0.15) is 0 Å². The van der Waals surface area contributed by atoms with Gasteiger partial charge in [0.05, 0.1) is 5.52 Å². The van der Waals surface area contributed by atoms with Crippen LogP contribution in [-0.2, 0) is 6.42 Å². The molecule has 0 radical (unpaired) electrons. The topological polar surface area (TPSA) is 24.9 Å². The van der Waals surface area contributed by atoms with Crippen LogP contribution in [0.1, 0.15) is 5.56 Å². The highest BCUT2D eigenvalue weighted by atomic mass is 14.9. The van der Waals surface area contributed by atoms with Crippen molar-refractivity contribution in [3.05, 3.63) is 72.4 Å². The van der Waals surface area contributed by atoms with Crippen LogP contribution in [-0.4, -0.2) is 11.5 Å². The van der Waals surface area contributed by atoms with Gasteiger partial charge in [-0.15, -0.1) is 0 Å². The molecule has 0 spiro atoms. The second-order valence-corrected chi connectivity index (χ2v) is 4.57. The van der Waals surface area contributed by atoms with Crippen LogP contribution in [0.15, 0.2) is 66.9 Å². The van der Waals surface area contributed by atoms with Gasteiger partial charge in [-0.3, -0.25) is 4.98 Å². The maximum atomic E-state index is 4.37. The smallest absolute Gasteiger partial charge is 0.0722 e. The van der Waals surface area contributed by atoms with Crippen molar-refractivity contribution in [1.82, 2.24) is 4.98 Å². The molecule has 3 aromatic rings. The van der Waals surface area contributed by atoms with Crippen molar-refractivity contribution in [3.63, 3.8) is 0 Å². The predicted octanol–water partition coefficient (Wildman–Crippen LogP) is 3.89. The molecule has 0 amide bonds. The number of anilines is 1. The maximum Gasteiger partial charge on any atom is 0.0722 e. The molecule has 0 saturated carbocycles. The summed E-state index contributed by atoms with van der Waals surface area (Å²) in [6.45, 7) is 0.933. The molecule has 1 heterocycles. The molecule has 2 aromatic carbocycles. The van der Waals surface area contributed by atoms with E-state index in [9.17, 15) is 0 Å². The first-order valence-electron chi connectivity index (χ1n) is 6.54. The van der Waals surface area contributed by atoms with Gasteiger partial charge in [0.15, 0.2) is 0 Å². The van der Waals surface area contributed by atoms with Gasteiger partial charge in [-0.25, -0.2) is 0 Å². The van der Waals surface area contributed by atoms with E-state index in [4.69, 9.17) is 0 Å². The summed E-state index contributed by atoms with van der Waals surface area (Å²) in [7, 11) is 0. The molecular formula is C17H16N2. The molecule has 0 unspecified atom stereocenters. The van der Waals surface area contributed by atoms with E-state index in [0.717, 1.165) is 24.2 Å². The monoisotopic (exact) mass is 248 g/mol. The van der Waals surface area contributed by atoms with E-state index in [-0.39, 0.29) is 0 Å². The van der Waals surface area contributed by atoms with E-state index < -0.39 is 0 Å². The van der Waals surface area contributed by atoms with Gasteiger partial charge in [-0.05, 0) is 30.2 Å². The minimum atomic E-state index is 0.933. The quantitative estimate of drug-likeness (QED) is 0.757. The minimum Gasteiger partial charge on any atom is -0.385 e. The van der Waals surface area contributed by atoms with Gasteiger partial charge in [0.25, 0.3) is 0 Å². The SMILES string of the molecule is c1ccc(CCNc2ccc3cccnc3c2)cc1. The van der Waals surface area contributed by atoms with Gasteiger partial charge < -0.3 is 5.32 Å². The summed E-state index contributed by atoms with van der Waals surface area (Å²) in [5.41, 5.74) is 3.52. The first-order valence-corrected chi connectivity index (χ1v) is 6.54. The Balaban J connectivity index is 1.65. The lowest BCUT2D eigenvalue weighted by molar-refractivity contribution is 1.02. The lowest BCUT2D eigenvalue weighted by Gasteiger charge is -2.07. The minimum absolute atomic E-state index is 0.933. The molecule has 0 aliphatic rings. The Bertz CT molecular complexity index is 662. The summed E-state index contributed by atoms with van der Waals surface area (Å²) >= 11 is 0. The van der Waals surface area contributed by atoms with E-state index in [1.54, 1.807) is 0 Å². The average molecular weight is 248 g/mol. The Morgan fingerprint density at radius 1 is 0.895 bits per heavy atom. The Kier molecular flexibility index (Phi) is 3.41. The Hall–Kier alpha value is -2.35. The number of aromatic nitrogens is 1. The number of rotatable bonds is 4. The molecule has 19 heavy (non-hydrogen) atoms. The van der Waals surface area contributed by atoms with Gasteiger partial charge in [0.2, 0.25) is 0 Å². The molecule has 0 bridgehead atoms. The number of fused-ring (bicyclic) bond motifs is 1. The second kappa shape index (κ2) is 5.53. The third kappa shape index (κ3) is 2.91. The highest BCUT2D eigenvalue weighted by Gasteiger charge is 1.97. The van der Waals surface area contributed by atoms with Crippen molar-refractivity contribution in [3.8, 4) is 0 Å². The van der Waals surface area contributed by atoms with Crippen molar-refractivity contribution in [2.45, 2.75) is 6.42 Å². The number of hydrogen-bond donors (Lipinski definition) is 1. The molecule has 0 fully saturated rings. The molecule has 3 rings (SSSR count). The number of hydrogen-bond acceptors (Lipinski definition) is 2. The van der Waals surface area contributed by atoms with Crippen molar-refractivity contribution in [2.24, 2.45) is 0 Å². The Morgan fingerprint density at radius 3 is 2.68 bits per heavy atom. The fourth-order valence-electron chi connectivity index (χ4n) is 2.17. The van der Waals surface area contributed by atoms with Crippen LogP contribution in [0.2, 0.25) is 0 Å². The van der Waals surface area contributed by atoms with E-state index in [0.29, 0.717) is 0 Å². The van der Waals surface area contributed by atoms with Crippen molar-refractivity contribution < 1.29 is 0 Å². The highest BCUT2D eigenvalue weighted by molar-refractivity contribution is 5.81. The van der Waals surface area contributed by atoms with Crippen LogP contribution in [0.25, 0.3) is 10.9 Å². The standard InChI is InChI=1S/C17H16N2/c1-2-5-14(6-3-1)10-12-18-16-9-8-15-7-4-11-19-17(15)13-16/h1-9,11,13,18H,10,12H2. The summed E-state index contributed by atoms with van der Waals surface area (Å²) in [6, 6.07) is 20.9. The fraction of sp³-hybridized carbons (Fsp3) is 0.118. The third-order valence-corrected chi connectivity index (χ3v) is 3.19. The second-order valence-electron chi connectivity index (χ2n) is 4.57. The molecule has 0 aliphatic heterocycles. The van der Waals surface area contributed by atoms with Crippen LogP contribution in [0, 0.1) is 0 Å². The van der Waals surface area contributed by atoms with Crippen LogP contribution in [0.3, 0.4) is 0 Å².